The number of carbonyl (C=O) groups excluding carboxylic acids is 2. The van der Waals surface area contributed by atoms with Crippen molar-refractivity contribution in [2.45, 2.75) is 33.1 Å². The number of aryl methyl sites for hydroxylation is 1. The molecular formula is C18H24N2O4. The first-order valence-electron chi connectivity index (χ1n) is 8.12. The Labute approximate surface area is 143 Å². The van der Waals surface area contributed by atoms with E-state index in [1.165, 1.54) is 10.5 Å². The van der Waals surface area contributed by atoms with Gasteiger partial charge in [0.05, 0.1) is 25.5 Å². The fourth-order valence-corrected chi connectivity index (χ4v) is 2.06. The SMILES string of the molecule is CCOC(=O)CCN(CCC#N)C(=O)COc1ccc(CC)cc1. The van der Waals surface area contributed by atoms with Crippen LogP contribution in [0.1, 0.15) is 32.3 Å². The first-order valence-corrected chi connectivity index (χ1v) is 8.12. The molecule has 0 aliphatic carbocycles. The van der Waals surface area contributed by atoms with Gasteiger partial charge in [-0.3, -0.25) is 9.59 Å². The number of benzene rings is 1. The van der Waals surface area contributed by atoms with Crippen LogP contribution in [0, 0.1) is 11.3 Å². The number of carbonyl (C=O) groups is 2. The van der Waals surface area contributed by atoms with Gasteiger partial charge in [-0.25, -0.2) is 0 Å². The smallest absolute Gasteiger partial charge is 0.307 e. The molecule has 0 atom stereocenters. The highest BCUT2D eigenvalue weighted by atomic mass is 16.5. The summed E-state index contributed by atoms with van der Waals surface area (Å²) in [6, 6.07) is 9.55. The Bertz CT molecular complexity index is 563. The number of ether oxygens (including phenoxy) is 2. The Balaban J connectivity index is 2.52. The molecule has 0 radical (unpaired) electrons. The molecule has 0 saturated carbocycles. The van der Waals surface area contributed by atoms with Gasteiger partial charge in [-0.15, -0.1) is 0 Å². The number of nitriles is 1. The third-order valence-corrected chi connectivity index (χ3v) is 3.43. The number of hydrogen-bond donors (Lipinski definition) is 0. The maximum Gasteiger partial charge on any atom is 0.307 e. The predicted octanol–water partition coefficient (Wildman–Crippen LogP) is 2.32. The molecule has 0 unspecified atom stereocenters. The Morgan fingerprint density at radius 3 is 2.46 bits per heavy atom. The summed E-state index contributed by atoms with van der Waals surface area (Å²) in [4.78, 5) is 25.1. The molecule has 0 heterocycles. The second-order valence-electron chi connectivity index (χ2n) is 5.13. The molecule has 0 N–H and O–H groups in total. The van der Waals surface area contributed by atoms with Crippen LogP contribution in [0.2, 0.25) is 0 Å². The van der Waals surface area contributed by atoms with Crippen molar-refractivity contribution >= 4 is 11.9 Å². The summed E-state index contributed by atoms with van der Waals surface area (Å²) >= 11 is 0. The lowest BCUT2D eigenvalue weighted by molar-refractivity contribution is -0.144. The predicted molar refractivity (Wildman–Crippen MR) is 89.4 cm³/mol. The third-order valence-electron chi connectivity index (χ3n) is 3.43. The minimum absolute atomic E-state index is 0.107. The Kier molecular flexibility index (Phi) is 8.98. The second-order valence-corrected chi connectivity index (χ2v) is 5.13. The molecule has 1 aromatic rings. The summed E-state index contributed by atoms with van der Waals surface area (Å²) in [6.07, 6.45) is 1.25. The van der Waals surface area contributed by atoms with E-state index in [-0.39, 0.29) is 44.4 Å². The Morgan fingerprint density at radius 1 is 1.17 bits per heavy atom. The minimum atomic E-state index is -0.358. The maximum absolute atomic E-state index is 12.3. The van der Waals surface area contributed by atoms with Gasteiger partial charge in [-0.2, -0.15) is 5.26 Å². The van der Waals surface area contributed by atoms with Crippen LogP contribution < -0.4 is 4.74 Å². The van der Waals surface area contributed by atoms with Gasteiger partial charge < -0.3 is 14.4 Å². The number of hydrogen-bond acceptors (Lipinski definition) is 5. The monoisotopic (exact) mass is 332 g/mol. The van der Waals surface area contributed by atoms with Crippen LogP contribution in [0.25, 0.3) is 0 Å². The second kappa shape index (κ2) is 11.1. The maximum atomic E-state index is 12.3. The Hall–Kier alpha value is -2.55. The molecule has 1 aromatic carbocycles. The zero-order valence-corrected chi connectivity index (χ0v) is 14.3. The fraction of sp³-hybridized carbons (Fsp3) is 0.500. The summed E-state index contributed by atoms with van der Waals surface area (Å²) in [5.41, 5.74) is 1.19. The molecule has 0 spiro atoms. The van der Waals surface area contributed by atoms with Crippen LogP contribution in [0.3, 0.4) is 0 Å². The number of rotatable bonds is 10. The van der Waals surface area contributed by atoms with Gasteiger partial charge in [-0.05, 0) is 31.0 Å². The Morgan fingerprint density at radius 2 is 1.88 bits per heavy atom. The lowest BCUT2D eigenvalue weighted by atomic mass is 10.2. The van der Waals surface area contributed by atoms with Crippen LogP contribution in [-0.4, -0.2) is 43.1 Å². The molecular weight excluding hydrogens is 308 g/mol. The van der Waals surface area contributed by atoms with Crippen molar-refractivity contribution in [2.24, 2.45) is 0 Å². The standard InChI is InChI=1S/C18H24N2O4/c1-3-15-6-8-16(9-7-15)24-14-17(21)20(12-5-11-19)13-10-18(22)23-4-2/h6-9H,3-5,10,12-14H2,1-2H3. The first kappa shape index (κ1) is 19.5. The molecule has 0 aliphatic rings. The van der Waals surface area contributed by atoms with Gasteiger partial charge in [0.25, 0.3) is 5.91 Å². The zero-order valence-electron chi connectivity index (χ0n) is 14.3. The quantitative estimate of drug-likeness (QED) is 0.614. The van der Waals surface area contributed by atoms with Crippen LogP contribution in [0.15, 0.2) is 24.3 Å². The normalized spacial score (nSPS) is 9.88. The number of amides is 1. The summed E-state index contributed by atoms with van der Waals surface area (Å²) in [6.45, 7) is 4.47. The van der Waals surface area contributed by atoms with Crippen molar-refractivity contribution in [3.63, 3.8) is 0 Å². The van der Waals surface area contributed by atoms with Crippen molar-refractivity contribution in [1.82, 2.24) is 4.90 Å². The van der Waals surface area contributed by atoms with Gasteiger partial charge in [0.1, 0.15) is 5.75 Å². The molecule has 6 nitrogen and oxygen atoms in total. The van der Waals surface area contributed by atoms with E-state index in [4.69, 9.17) is 14.7 Å². The van der Waals surface area contributed by atoms with Crippen molar-refractivity contribution in [3.8, 4) is 11.8 Å². The highest BCUT2D eigenvalue weighted by Crippen LogP contribution is 2.12. The summed E-state index contributed by atoms with van der Waals surface area (Å²) in [5, 5.41) is 8.70. The minimum Gasteiger partial charge on any atom is -0.484 e. The molecule has 0 aliphatic heterocycles. The van der Waals surface area contributed by atoms with E-state index in [1.807, 2.05) is 30.3 Å². The van der Waals surface area contributed by atoms with Gasteiger partial charge in [0, 0.05) is 13.1 Å². The largest absolute Gasteiger partial charge is 0.484 e. The van der Waals surface area contributed by atoms with Crippen molar-refractivity contribution in [2.75, 3.05) is 26.3 Å². The van der Waals surface area contributed by atoms with E-state index in [0.29, 0.717) is 12.4 Å². The van der Waals surface area contributed by atoms with Crippen molar-refractivity contribution < 1.29 is 19.1 Å². The lowest BCUT2D eigenvalue weighted by Gasteiger charge is -2.21. The van der Waals surface area contributed by atoms with Crippen molar-refractivity contribution in [1.29, 1.82) is 5.26 Å². The molecule has 6 heteroatoms. The van der Waals surface area contributed by atoms with Gasteiger partial charge in [0.2, 0.25) is 0 Å². The average molecular weight is 332 g/mol. The van der Waals surface area contributed by atoms with E-state index in [2.05, 4.69) is 6.92 Å². The van der Waals surface area contributed by atoms with Crippen LogP contribution >= 0.6 is 0 Å². The van der Waals surface area contributed by atoms with E-state index >= 15 is 0 Å². The molecule has 0 fully saturated rings. The summed E-state index contributed by atoms with van der Waals surface area (Å²) in [7, 11) is 0. The topological polar surface area (TPSA) is 79.6 Å². The molecule has 0 saturated heterocycles. The van der Waals surface area contributed by atoms with Gasteiger partial charge >= 0.3 is 5.97 Å². The number of esters is 1. The molecule has 1 rings (SSSR count). The molecule has 0 aromatic heterocycles. The van der Waals surface area contributed by atoms with Gasteiger partial charge in [-0.1, -0.05) is 19.1 Å². The van der Waals surface area contributed by atoms with E-state index in [0.717, 1.165) is 6.42 Å². The van der Waals surface area contributed by atoms with Crippen LogP contribution in [0.5, 0.6) is 5.75 Å². The molecule has 1 amide bonds. The molecule has 0 bridgehead atoms. The molecule has 24 heavy (non-hydrogen) atoms. The van der Waals surface area contributed by atoms with Crippen LogP contribution in [-0.2, 0) is 20.7 Å². The zero-order chi connectivity index (χ0) is 17.8. The van der Waals surface area contributed by atoms with E-state index < -0.39 is 0 Å². The summed E-state index contributed by atoms with van der Waals surface area (Å²) < 4.78 is 10.3. The van der Waals surface area contributed by atoms with Gasteiger partial charge in [0.15, 0.2) is 6.61 Å². The first-order chi connectivity index (χ1) is 11.6. The van der Waals surface area contributed by atoms with Crippen molar-refractivity contribution in [3.05, 3.63) is 29.8 Å². The highest BCUT2D eigenvalue weighted by Gasteiger charge is 2.16. The fourth-order valence-electron chi connectivity index (χ4n) is 2.06. The lowest BCUT2D eigenvalue weighted by Crippen LogP contribution is -2.37. The average Bonchev–Trinajstić information content (AvgIpc) is 2.60. The van der Waals surface area contributed by atoms with E-state index in [1.54, 1.807) is 6.92 Å². The summed E-state index contributed by atoms with van der Waals surface area (Å²) in [5.74, 6) is 0.00335. The third kappa shape index (κ3) is 7.14. The van der Waals surface area contributed by atoms with Crippen LogP contribution in [0.4, 0.5) is 0 Å². The highest BCUT2D eigenvalue weighted by molar-refractivity contribution is 5.78. The number of nitrogens with zero attached hydrogens (tertiary/aromatic N) is 2. The van der Waals surface area contributed by atoms with E-state index in [9.17, 15) is 9.59 Å². The molecule has 130 valence electrons.